The van der Waals surface area contributed by atoms with Crippen molar-refractivity contribution in [1.82, 2.24) is 0 Å². The fraction of sp³-hybridized carbons (Fsp3) is 0.222. The van der Waals surface area contributed by atoms with Crippen molar-refractivity contribution >= 4 is 5.97 Å². The Morgan fingerprint density at radius 1 is 1.43 bits per heavy atom. The lowest BCUT2D eigenvalue weighted by molar-refractivity contribution is 0.0690. The van der Waals surface area contributed by atoms with Gasteiger partial charge >= 0.3 is 5.97 Å². The number of hydrogen-bond acceptors (Lipinski definition) is 2. The Hall–Kier alpha value is -1.65. The summed E-state index contributed by atoms with van der Waals surface area (Å²) in [5.74, 6) is -4.46. The highest BCUT2D eigenvalue weighted by molar-refractivity contribution is 5.88. The molecule has 0 bridgehead atoms. The van der Waals surface area contributed by atoms with Crippen LogP contribution in [0.15, 0.2) is 12.1 Å². The van der Waals surface area contributed by atoms with Gasteiger partial charge in [0.25, 0.3) is 0 Å². The van der Waals surface area contributed by atoms with E-state index in [1.54, 1.807) is 6.92 Å². The summed E-state index contributed by atoms with van der Waals surface area (Å²) in [4.78, 5) is 10.4. The number of carbonyl (C=O) groups is 1. The number of ether oxygens (including phenoxy) is 1. The monoisotopic (exact) mass is 202 g/mol. The van der Waals surface area contributed by atoms with Crippen molar-refractivity contribution in [1.29, 1.82) is 0 Å². The third-order valence-corrected chi connectivity index (χ3v) is 1.58. The Balaban J connectivity index is 3.19. The average Bonchev–Trinajstić information content (AvgIpc) is 2.13. The first kappa shape index (κ1) is 10.4. The van der Waals surface area contributed by atoms with Gasteiger partial charge in [-0.3, -0.25) is 0 Å². The maximum atomic E-state index is 13.0. The van der Waals surface area contributed by atoms with Crippen LogP contribution in [-0.2, 0) is 0 Å². The largest absolute Gasteiger partial charge is 0.491 e. The zero-order valence-corrected chi connectivity index (χ0v) is 7.38. The van der Waals surface area contributed by atoms with E-state index in [2.05, 4.69) is 0 Å². The Morgan fingerprint density at radius 2 is 2.07 bits per heavy atom. The SMILES string of the molecule is CCOc1ccc(C(=O)O)c(F)c1F. The van der Waals surface area contributed by atoms with E-state index >= 15 is 0 Å². The predicted molar refractivity (Wildman–Crippen MR) is 44.5 cm³/mol. The van der Waals surface area contributed by atoms with Crippen LogP contribution in [0.2, 0.25) is 0 Å². The van der Waals surface area contributed by atoms with Crippen LogP contribution < -0.4 is 4.74 Å². The molecule has 0 saturated carbocycles. The fourth-order valence-electron chi connectivity index (χ4n) is 0.964. The highest BCUT2D eigenvalue weighted by Gasteiger charge is 2.18. The molecule has 0 atom stereocenters. The molecule has 0 spiro atoms. The number of carboxylic acids is 1. The van der Waals surface area contributed by atoms with E-state index < -0.39 is 23.2 Å². The molecule has 1 aromatic carbocycles. The van der Waals surface area contributed by atoms with Gasteiger partial charge in [-0.1, -0.05) is 0 Å². The number of halogens is 2. The van der Waals surface area contributed by atoms with Gasteiger partial charge < -0.3 is 9.84 Å². The molecule has 0 aromatic heterocycles. The molecule has 3 nitrogen and oxygen atoms in total. The molecule has 5 heteroatoms. The molecule has 1 N–H and O–H groups in total. The van der Waals surface area contributed by atoms with E-state index in [1.165, 1.54) is 0 Å². The fourth-order valence-corrected chi connectivity index (χ4v) is 0.964. The summed E-state index contributed by atoms with van der Waals surface area (Å²) in [5, 5.41) is 8.46. The van der Waals surface area contributed by atoms with Crippen molar-refractivity contribution < 1.29 is 23.4 Å². The van der Waals surface area contributed by atoms with Gasteiger partial charge in [0, 0.05) is 0 Å². The van der Waals surface area contributed by atoms with E-state index in [0.717, 1.165) is 12.1 Å². The molecular weight excluding hydrogens is 194 g/mol. The molecule has 76 valence electrons. The molecule has 1 rings (SSSR count). The average molecular weight is 202 g/mol. The summed E-state index contributed by atoms with van der Waals surface area (Å²) in [6, 6.07) is 2.05. The Labute approximate surface area is 78.9 Å². The van der Waals surface area contributed by atoms with Crippen molar-refractivity contribution in [3.63, 3.8) is 0 Å². The second-order valence-corrected chi connectivity index (χ2v) is 2.48. The van der Waals surface area contributed by atoms with Crippen LogP contribution in [0.4, 0.5) is 8.78 Å². The summed E-state index contributed by atoms with van der Waals surface area (Å²) in [7, 11) is 0. The van der Waals surface area contributed by atoms with Crippen LogP contribution in [-0.4, -0.2) is 17.7 Å². The Bertz CT molecular complexity index is 363. The van der Waals surface area contributed by atoms with Crippen LogP contribution in [0.5, 0.6) is 5.75 Å². The van der Waals surface area contributed by atoms with Crippen molar-refractivity contribution in [2.75, 3.05) is 6.61 Å². The maximum absolute atomic E-state index is 13.0. The molecule has 0 unspecified atom stereocenters. The number of rotatable bonds is 3. The maximum Gasteiger partial charge on any atom is 0.338 e. The predicted octanol–water partition coefficient (Wildman–Crippen LogP) is 2.06. The van der Waals surface area contributed by atoms with E-state index in [9.17, 15) is 13.6 Å². The van der Waals surface area contributed by atoms with Gasteiger partial charge in [-0.05, 0) is 19.1 Å². The van der Waals surface area contributed by atoms with Gasteiger partial charge in [-0.15, -0.1) is 0 Å². The summed E-state index contributed by atoms with van der Waals surface area (Å²) >= 11 is 0. The highest BCUT2D eigenvalue weighted by Crippen LogP contribution is 2.22. The topological polar surface area (TPSA) is 46.5 Å². The lowest BCUT2D eigenvalue weighted by Crippen LogP contribution is -2.05. The molecule has 0 heterocycles. The second-order valence-electron chi connectivity index (χ2n) is 2.48. The first-order valence-electron chi connectivity index (χ1n) is 3.92. The number of aromatic carboxylic acids is 1. The molecule has 0 amide bonds. The van der Waals surface area contributed by atoms with Gasteiger partial charge in [0.15, 0.2) is 11.6 Å². The minimum atomic E-state index is -1.51. The standard InChI is InChI=1S/C9H8F2O3/c1-2-14-6-4-3-5(9(12)13)7(10)8(6)11/h3-4H,2H2,1H3,(H,12,13). The smallest absolute Gasteiger partial charge is 0.338 e. The van der Waals surface area contributed by atoms with Crippen LogP contribution in [0.1, 0.15) is 17.3 Å². The number of benzene rings is 1. The first-order valence-corrected chi connectivity index (χ1v) is 3.92. The highest BCUT2D eigenvalue weighted by atomic mass is 19.2. The summed E-state index contributed by atoms with van der Waals surface area (Å²) < 4.78 is 30.8. The number of carboxylic acid groups (broad SMARTS) is 1. The quantitative estimate of drug-likeness (QED) is 0.815. The van der Waals surface area contributed by atoms with Crippen LogP contribution in [0.3, 0.4) is 0 Å². The third kappa shape index (κ3) is 1.81. The van der Waals surface area contributed by atoms with E-state index in [-0.39, 0.29) is 12.4 Å². The van der Waals surface area contributed by atoms with E-state index in [1.807, 2.05) is 0 Å². The lowest BCUT2D eigenvalue weighted by atomic mass is 10.2. The van der Waals surface area contributed by atoms with Crippen molar-refractivity contribution in [2.45, 2.75) is 6.92 Å². The molecule has 0 saturated heterocycles. The van der Waals surface area contributed by atoms with Gasteiger partial charge in [0.05, 0.1) is 12.2 Å². The van der Waals surface area contributed by atoms with Crippen molar-refractivity contribution in [3.05, 3.63) is 29.3 Å². The third-order valence-electron chi connectivity index (χ3n) is 1.58. The molecule has 0 aliphatic carbocycles. The first-order chi connectivity index (χ1) is 6.57. The van der Waals surface area contributed by atoms with Gasteiger partial charge in [0.1, 0.15) is 0 Å². The molecule has 1 aromatic rings. The summed E-state index contributed by atoms with van der Waals surface area (Å²) in [5.41, 5.74) is -0.703. The Kier molecular flexibility index (Phi) is 3.01. The number of hydrogen-bond donors (Lipinski definition) is 1. The molecular formula is C9H8F2O3. The van der Waals surface area contributed by atoms with Gasteiger partial charge in [-0.2, -0.15) is 4.39 Å². The van der Waals surface area contributed by atoms with E-state index in [4.69, 9.17) is 9.84 Å². The van der Waals surface area contributed by atoms with Crippen molar-refractivity contribution in [3.8, 4) is 5.75 Å². The zero-order chi connectivity index (χ0) is 10.7. The second kappa shape index (κ2) is 4.04. The normalized spacial score (nSPS) is 9.93. The zero-order valence-electron chi connectivity index (χ0n) is 7.38. The minimum Gasteiger partial charge on any atom is -0.491 e. The summed E-state index contributed by atoms with van der Waals surface area (Å²) in [6.45, 7) is 1.80. The molecule has 0 fully saturated rings. The van der Waals surface area contributed by atoms with Crippen LogP contribution in [0.25, 0.3) is 0 Å². The molecule has 0 aliphatic rings. The lowest BCUT2D eigenvalue weighted by Gasteiger charge is -2.06. The van der Waals surface area contributed by atoms with Gasteiger partial charge in [0.2, 0.25) is 5.82 Å². The molecule has 0 aliphatic heterocycles. The minimum absolute atomic E-state index is 0.183. The van der Waals surface area contributed by atoms with Crippen LogP contribution >= 0.6 is 0 Å². The Morgan fingerprint density at radius 3 is 2.57 bits per heavy atom. The summed E-state index contributed by atoms with van der Waals surface area (Å²) in [6.07, 6.45) is 0. The van der Waals surface area contributed by atoms with Crippen molar-refractivity contribution in [2.24, 2.45) is 0 Å². The van der Waals surface area contributed by atoms with Gasteiger partial charge in [-0.25, -0.2) is 9.18 Å². The van der Waals surface area contributed by atoms with E-state index in [0.29, 0.717) is 0 Å². The van der Waals surface area contributed by atoms with Crippen LogP contribution in [0, 0.1) is 11.6 Å². The molecule has 0 radical (unpaired) electrons. The molecule has 14 heavy (non-hydrogen) atoms.